The molecule has 36 heavy (non-hydrogen) atoms. The van der Waals surface area contributed by atoms with Gasteiger partial charge in [-0.2, -0.15) is 0 Å². The monoisotopic (exact) mass is 490 g/mol. The summed E-state index contributed by atoms with van der Waals surface area (Å²) in [5, 5.41) is 11.3. The van der Waals surface area contributed by atoms with E-state index in [0.29, 0.717) is 34.1 Å². The van der Waals surface area contributed by atoms with Crippen molar-refractivity contribution in [2.75, 3.05) is 28.4 Å². The van der Waals surface area contributed by atoms with E-state index in [4.69, 9.17) is 18.9 Å². The van der Waals surface area contributed by atoms with Gasteiger partial charge in [0.2, 0.25) is 5.75 Å². The Labute approximate surface area is 208 Å². The number of methoxy groups -OCH3 is 4. The third kappa shape index (κ3) is 4.43. The molecule has 1 aliphatic heterocycles. The Morgan fingerprint density at radius 1 is 0.944 bits per heavy atom. The summed E-state index contributed by atoms with van der Waals surface area (Å²) in [5.41, 5.74) is 1.54. The molecule has 0 bridgehead atoms. The van der Waals surface area contributed by atoms with Crippen molar-refractivity contribution in [3.8, 4) is 23.0 Å². The Kier molecular flexibility index (Phi) is 7.10. The summed E-state index contributed by atoms with van der Waals surface area (Å²) in [4.78, 5) is 32.1. The largest absolute Gasteiger partial charge is 0.507 e. The Morgan fingerprint density at radius 2 is 1.61 bits per heavy atom. The zero-order valence-corrected chi connectivity index (χ0v) is 20.3. The van der Waals surface area contributed by atoms with Crippen LogP contribution in [0.2, 0.25) is 0 Å². The number of ketones is 1. The van der Waals surface area contributed by atoms with Crippen LogP contribution in [0.4, 0.5) is 0 Å². The van der Waals surface area contributed by atoms with Crippen molar-refractivity contribution < 1.29 is 33.6 Å². The number of Topliss-reactive ketones (excluding diaryl/α,β-unsaturated/α-hetero) is 1. The van der Waals surface area contributed by atoms with E-state index in [1.165, 1.54) is 33.3 Å². The van der Waals surface area contributed by atoms with E-state index >= 15 is 0 Å². The lowest BCUT2D eigenvalue weighted by atomic mass is 9.94. The van der Waals surface area contributed by atoms with E-state index in [9.17, 15) is 14.7 Å². The van der Waals surface area contributed by atoms with Gasteiger partial charge < -0.3 is 29.0 Å². The lowest BCUT2D eigenvalue weighted by Crippen LogP contribution is -2.29. The molecule has 1 fully saturated rings. The zero-order chi connectivity index (χ0) is 25.8. The second kappa shape index (κ2) is 10.4. The molecule has 1 aromatic heterocycles. The summed E-state index contributed by atoms with van der Waals surface area (Å²) in [6, 6.07) is 12.5. The highest BCUT2D eigenvalue weighted by Crippen LogP contribution is 2.46. The third-order valence-corrected chi connectivity index (χ3v) is 5.98. The van der Waals surface area contributed by atoms with Crippen LogP contribution in [0.15, 0.2) is 66.5 Å². The number of aliphatic hydroxyl groups excluding tert-OH is 1. The number of hydrogen-bond acceptors (Lipinski definition) is 8. The third-order valence-electron chi connectivity index (χ3n) is 5.98. The number of carbonyl (C=O) groups excluding carboxylic acids is 2. The molecule has 2 heterocycles. The van der Waals surface area contributed by atoms with Gasteiger partial charge in [0.05, 0.1) is 40.1 Å². The van der Waals surface area contributed by atoms with Crippen LogP contribution in [0, 0.1) is 0 Å². The summed E-state index contributed by atoms with van der Waals surface area (Å²) in [6.07, 6.45) is 3.24. The van der Waals surface area contributed by atoms with E-state index < -0.39 is 17.7 Å². The number of hydrogen-bond donors (Lipinski definition) is 1. The molecule has 9 nitrogen and oxygen atoms in total. The molecular weight excluding hydrogens is 464 g/mol. The van der Waals surface area contributed by atoms with Gasteiger partial charge in [0.25, 0.3) is 11.7 Å². The molecule has 1 saturated heterocycles. The van der Waals surface area contributed by atoms with Crippen molar-refractivity contribution >= 4 is 17.4 Å². The molecule has 0 spiro atoms. The maximum atomic E-state index is 13.3. The first-order valence-corrected chi connectivity index (χ1v) is 11.0. The first-order chi connectivity index (χ1) is 17.4. The lowest BCUT2D eigenvalue weighted by Gasteiger charge is -2.26. The summed E-state index contributed by atoms with van der Waals surface area (Å²) >= 11 is 0. The van der Waals surface area contributed by atoms with Gasteiger partial charge in [0.15, 0.2) is 11.5 Å². The molecule has 2 aromatic carbocycles. The molecule has 0 aliphatic carbocycles. The topological polar surface area (TPSA) is 107 Å². The predicted octanol–water partition coefficient (Wildman–Crippen LogP) is 3.74. The average molecular weight is 491 g/mol. The van der Waals surface area contributed by atoms with Crippen molar-refractivity contribution in [1.82, 2.24) is 9.88 Å². The highest BCUT2D eigenvalue weighted by molar-refractivity contribution is 6.46. The first-order valence-electron chi connectivity index (χ1n) is 11.0. The molecular formula is C27H26N2O7. The zero-order valence-electron chi connectivity index (χ0n) is 20.3. The Bertz CT molecular complexity index is 1280. The normalized spacial score (nSPS) is 16.7. The molecule has 1 atom stereocenters. The fourth-order valence-electron chi connectivity index (χ4n) is 4.24. The molecule has 0 radical (unpaired) electrons. The minimum absolute atomic E-state index is 0.0525. The summed E-state index contributed by atoms with van der Waals surface area (Å²) in [5.74, 6) is -0.193. The second-order valence-corrected chi connectivity index (χ2v) is 7.98. The average Bonchev–Trinajstić information content (AvgIpc) is 3.17. The number of amides is 1. The molecule has 1 amide bonds. The SMILES string of the molecule is COc1ccc(/C(O)=C2\C(=O)C(=O)N(Cc3cccnc3)C2c2cc(OC)c(OC)c(OC)c2)cc1. The van der Waals surface area contributed by atoms with E-state index in [2.05, 4.69) is 4.98 Å². The fourth-order valence-corrected chi connectivity index (χ4v) is 4.24. The van der Waals surface area contributed by atoms with Gasteiger partial charge in [-0.25, -0.2) is 0 Å². The van der Waals surface area contributed by atoms with Gasteiger partial charge in [-0.05, 0) is 53.6 Å². The number of likely N-dealkylation sites (tertiary alicyclic amines) is 1. The van der Waals surface area contributed by atoms with E-state index in [1.807, 2.05) is 6.07 Å². The quantitative estimate of drug-likeness (QED) is 0.289. The van der Waals surface area contributed by atoms with Gasteiger partial charge in [-0.3, -0.25) is 14.6 Å². The van der Waals surface area contributed by atoms with Gasteiger partial charge >= 0.3 is 0 Å². The van der Waals surface area contributed by atoms with Crippen LogP contribution in [0.3, 0.4) is 0 Å². The number of carbonyl (C=O) groups is 2. The van der Waals surface area contributed by atoms with Crippen LogP contribution < -0.4 is 18.9 Å². The lowest BCUT2D eigenvalue weighted by molar-refractivity contribution is -0.140. The van der Waals surface area contributed by atoms with Crippen LogP contribution in [0.25, 0.3) is 5.76 Å². The van der Waals surface area contributed by atoms with Gasteiger partial charge in [0.1, 0.15) is 11.5 Å². The van der Waals surface area contributed by atoms with Crippen LogP contribution >= 0.6 is 0 Å². The van der Waals surface area contributed by atoms with Crippen LogP contribution in [-0.2, 0) is 16.1 Å². The first kappa shape index (κ1) is 24.6. The molecule has 9 heteroatoms. The van der Waals surface area contributed by atoms with Crippen LogP contribution in [0.1, 0.15) is 22.7 Å². The molecule has 4 rings (SSSR count). The van der Waals surface area contributed by atoms with Gasteiger partial charge in [-0.1, -0.05) is 6.07 Å². The van der Waals surface area contributed by atoms with Crippen molar-refractivity contribution in [1.29, 1.82) is 0 Å². The summed E-state index contributed by atoms with van der Waals surface area (Å²) in [6.45, 7) is 0.0964. The van der Waals surface area contributed by atoms with E-state index in [1.54, 1.807) is 54.9 Å². The summed E-state index contributed by atoms with van der Waals surface area (Å²) < 4.78 is 21.6. The number of rotatable bonds is 8. The number of ether oxygens (including phenoxy) is 4. The van der Waals surface area contributed by atoms with Crippen molar-refractivity contribution in [3.63, 3.8) is 0 Å². The van der Waals surface area contributed by atoms with Gasteiger partial charge in [-0.15, -0.1) is 0 Å². The smallest absolute Gasteiger partial charge is 0.295 e. The fraction of sp³-hybridized carbons (Fsp3) is 0.222. The number of aliphatic hydroxyl groups is 1. The summed E-state index contributed by atoms with van der Waals surface area (Å²) in [7, 11) is 5.97. The number of benzene rings is 2. The van der Waals surface area contributed by atoms with E-state index in [-0.39, 0.29) is 17.9 Å². The second-order valence-electron chi connectivity index (χ2n) is 7.98. The van der Waals surface area contributed by atoms with Crippen LogP contribution in [0.5, 0.6) is 23.0 Å². The number of pyridine rings is 1. The minimum Gasteiger partial charge on any atom is -0.507 e. The molecule has 1 N–H and O–H groups in total. The number of aromatic nitrogens is 1. The molecule has 3 aromatic rings. The Hall–Kier alpha value is -4.53. The van der Waals surface area contributed by atoms with Crippen molar-refractivity contribution in [2.45, 2.75) is 12.6 Å². The van der Waals surface area contributed by atoms with Gasteiger partial charge in [0, 0.05) is 24.5 Å². The molecule has 0 saturated carbocycles. The molecule has 1 unspecified atom stereocenters. The highest BCUT2D eigenvalue weighted by Gasteiger charge is 2.46. The van der Waals surface area contributed by atoms with Crippen molar-refractivity contribution in [2.24, 2.45) is 0 Å². The van der Waals surface area contributed by atoms with E-state index in [0.717, 1.165) is 5.56 Å². The maximum Gasteiger partial charge on any atom is 0.295 e. The predicted molar refractivity (Wildman–Crippen MR) is 131 cm³/mol. The molecule has 186 valence electrons. The Morgan fingerprint density at radius 3 is 2.14 bits per heavy atom. The molecule has 1 aliphatic rings. The van der Waals surface area contributed by atoms with Crippen molar-refractivity contribution in [3.05, 3.63) is 83.2 Å². The standard InChI is InChI=1S/C27H26N2O7/c1-33-19-9-7-17(8-10-19)24(30)22-23(18-12-20(34-2)26(36-4)21(13-18)35-3)29(27(32)25(22)31)15-16-6-5-11-28-14-16/h5-14,23,30H,15H2,1-4H3/b24-22+. The number of nitrogens with zero attached hydrogens (tertiary/aromatic N) is 2. The minimum atomic E-state index is -0.930. The van der Waals surface area contributed by atoms with Crippen LogP contribution in [-0.4, -0.2) is 55.1 Å². The maximum absolute atomic E-state index is 13.3. The highest BCUT2D eigenvalue weighted by atomic mass is 16.5. The Balaban J connectivity index is 1.93.